The minimum Gasteiger partial charge on any atom is -0.315 e. The summed E-state index contributed by atoms with van der Waals surface area (Å²) in [6, 6.07) is 0. The van der Waals surface area contributed by atoms with Crippen molar-refractivity contribution < 1.29 is 0 Å². The quantitative estimate of drug-likeness (QED) is 0.655. The molecule has 0 aromatic rings. The van der Waals surface area contributed by atoms with Crippen LogP contribution in [0.25, 0.3) is 0 Å². The zero-order valence-corrected chi connectivity index (χ0v) is 11.0. The summed E-state index contributed by atoms with van der Waals surface area (Å²) in [6.07, 6.45) is 4.28. The third-order valence-electron chi connectivity index (χ3n) is 2.68. The van der Waals surface area contributed by atoms with Gasteiger partial charge in [-0.05, 0) is 31.1 Å². The molecule has 90 valence electrons. The van der Waals surface area contributed by atoms with Crippen LogP contribution in [0.3, 0.4) is 0 Å². The molecule has 15 heavy (non-hydrogen) atoms. The van der Waals surface area contributed by atoms with E-state index < -0.39 is 0 Å². The number of hydrogen-bond acceptors (Lipinski definition) is 3. The first-order valence-corrected chi connectivity index (χ1v) is 7.37. The number of nitrogens with one attached hydrogen (secondary N) is 2. The Hall–Kier alpha value is 0.270. The second-order valence-corrected chi connectivity index (χ2v) is 6.20. The van der Waals surface area contributed by atoms with E-state index >= 15 is 0 Å². The molecule has 1 heterocycles. The number of rotatable bonds is 7. The van der Waals surface area contributed by atoms with Crippen molar-refractivity contribution in [3.8, 4) is 0 Å². The Kier molecular flexibility index (Phi) is 7.49. The zero-order chi connectivity index (χ0) is 10.9. The molecule has 0 bridgehead atoms. The van der Waals surface area contributed by atoms with E-state index in [9.17, 15) is 0 Å². The van der Waals surface area contributed by atoms with Gasteiger partial charge in [0.25, 0.3) is 0 Å². The van der Waals surface area contributed by atoms with Crippen LogP contribution in [-0.2, 0) is 0 Å². The Morgan fingerprint density at radius 3 is 2.67 bits per heavy atom. The van der Waals surface area contributed by atoms with Gasteiger partial charge in [-0.3, -0.25) is 0 Å². The fraction of sp³-hybridized carbons (Fsp3) is 1.00. The normalized spacial score (nSPS) is 22.2. The van der Waals surface area contributed by atoms with Crippen molar-refractivity contribution in [1.29, 1.82) is 0 Å². The minimum absolute atomic E-state index is 0.763. The van der Waals surface area contributed by atoms with Crippen LogP contribution in [0.1, 0.15) is 33.1 Å². The average Bonchev–Trinajstić information content (AvgIpc) is 2.24. The zero-order valence-electron chi connectivity index (χ0n) is 10.2. The molecule has 0 amide bonds. The molecule has 0 spiro atoms. The van der Waals surface area contributed by atoms with Gasteiger partial charge in [-0.2, -0.15) is 11.8 Å². The summed E-state index contributed by atoms with van der Waals surface area (Å²) >= 11 is 2.15. The maximum Gasteiger partial charge on any atom is 0.0172 e. The SMILES string of the molecule is CC(C)CNCCNCC1CCCCS1. The topological polar surface area (TPSA) is 24.1 Å². The Labute approximate surface area is 99.0 Å². The molecule has 1 atom stereocenters. The standard InChI is InChI=1S/C12H26N2S/c1-11(2)9-13-6-7-14-10-12-5-3-4-8-15-12/h11-14H,3-10H2,1-2H3. The summed E-state index contributed by atoms with van der Waals surface area (Å²) in [5, 5.41) is 7.88. The second-order valence-electron chi connectivity index (χ2n) is 4.79. The van der Waals surface area contributed by atoms with Crippen LogP contribution in [0.4, 0.5) is 0 Å². The van der Waals surface area contributed by atoms with Crippen LogP contribution in [-0.4, -0.2) is 37.2 Å². The van der Waals surface area contributed by atoms with Crippen molar-refractivity contribution in [3.63, 3.8) is 0 Å². The third-order valence-corrected chi connectivity index (χ3v) is 4.08. The first kappa shape index (κ1) is 13.3. The highest BCUT2D eigenvalue weighted by Crippen LogP contribution is 2.23. The summed E-state index contributed by atoms with van der Waals surface area (Å²) in [5.74, 6) is 2.14. The summed E-state index contributed by atoms with van der Waals surface area (Å²) in [5.41, 5.74) is 0. The minimum atomic E-state index is 0.763. The van der Waals surface area contributed by atoms with Crippen molar-refractivity contribution >= 4 is 11.8 Å². The van der Waals surface area contributed by atoms with Gasteiger partial charge in [0.2, 0.25) is 0 Å². The molecule has 2 nitrogen and oxygen atoms in total. The molecule has 1 fully saturated rings. The van der Waals surface area contributed by atoms with Crippen molar-refractivity contribution in [2.75, 3.05) is 31.9 Å². The summed E-state index contributed by atoms with van der Waals surface area (Å²) in [6.45, 7) is 9.06. The molecule has 3 heteroatoms. The Bertz CT molecular complexity index is 145. The second kappa shape index (κ2) is 8.43. The lowest BCUT2D eigenvalue weighted by Gasteiger charge is -2.21. The highest BCUT2D eigenvalue weighted by atomic mass is 32.2. The highest BCUT2D eigenvalue weighted by molar-refractivity contribution is 7.99. The Morgan fingerprint density at radius 2 is 2.00 bits per heavy atom. The monoisotopic (exact) mass is 230 g/mol. The summed E-state index contributed by atoms with van der Waals surface area (Å²) in [7, 11) is 0. The predicted octanol–water partition coefficient (Wildman–Crippen LogP) is 2.11. The van der Waals surface area contributed by atoms with Gasteiger partial charge >= 0.3 is 0 Å². The van der Waals surface area contributed by atoms with Crippen LogP contribution >= 0.6 is 11.8 Å². The lowest BCUT2D eigenvalue weighted by atomic mass is 10.2. The maximum absolute atomic E-state index is 3.55. The predicted molar refractivity (Wildman–Crippen MR) is 70.7 cm³/mol. The smallest absolute Gasteiger partial charge is 0.0172 e. The van der Waals surface area contributed by atoms with E-state index in [1.807, 2.05) is 0 Å². The van der Waals surface area contributed by atoms with Gasteiger partial charge in [0.1, 0.15) is 0 Å². The molecular formula is C12H26N2S. The molecule has 0 aromatic heterocycles. The number of hydrogen-bond donors (Lipinski definition) is 2. The summed E-state index contributed by atoms with van der Waals surface area (Å²) in [4.78, 5) is 0. The first-order chi connectivity index (χ1) is 7.29. The van der Waals surface area contributed by atoms with Gasteiger partial charge < -0.3 is 10.6 Å². The summed E-state index contributed by atoms with van der Waals surface area (Å²) < 4.78 is 0. The first-order valence-electron chi connectivity index (χ1n) is 6.32. The van der Waals surface area contributed by atoms with Gasteiger partial charge in [-0.1, -0.05) is 20.3 Å². The van der Waals surface area contributed by atoms with Crippen molar-refractivity contribution in [2.24, 2.45) is 5.92 Å². The molecule has 1 unspecified atom stereocenters. The van der Waals surface area contributed by atoms with Crippen LogP contribution in [0, 0.1) is 5.92 Å². The van der Waals surface area contributed by atoms with Crippen molar-refractivity contribution in [3.05, 3.63) is 0 Å². The van der Waals surface area contributed by atoms with E-state index in [1.54, 1.807) is 0 Å². The van der Waals surface area contributed by atoms with E-state index in [0.29, 0.717) is 0 Å². The molecule has 0 radical (unpaired) electrons. The van der Waals surface area contributed by atoms with Crippen LogP contribution in [0.15, 0.2) is 0 Å². The van der Waals surface area contributed by atoms with Crippen LogP contribution in [0.5, 0.6) is 0 Å². The molecule has 1 rings (SSSR count). The van der Waals surface area contributed by atoms with Crippen molar-refractivity contribution in [1.82, 2.24) is 10.6 Å². The molecule has 0 aliphatic carbocycles. The van der Waals surface area contributed by atoms with Gasteiger partial charge in [0.15, 0.2) is 0 Å². The third kappa shape index (κ3) is 7.20. The van der Waals surface area contributed by atoms with Gasteiger partial charge in [-0.15, -0.1) is 0 Å². The van der Waals surface area contributed by atoms with Crippen LogP contribution < -0.4 is 10.6 Å². The van der Waals surface area contributed by atoms with Crippen molar-refractivity contribution in [2.45, 2.75) is 38.4 Å². The van der Waals surface area contributed by atoms with E-state index in [1.165, 1.54) is 31.6 Å². The Morgan fingerprint density at radius 1 is 1.20 bits per heavy atom. The molecule has 0 aromatic carbocycles. The maximum atomic E-state index is 3.55. The van der Waals surface area contributed by atoms with Gasteiger partial charge in [0, 0.05) is 24.9 Å². The Balaban J connectivity index is 1.83. The molecular weight excluding hydrogens is 204 g/mol. The van der Waals surface area contributed by atoms with Crippen LogP contribution in [0.2, 0.25) is 0 Å². The largest absolute Gasteiger partial charge is 0.315 e. The lowest BCUT2D eigenvalue weighted by Crippen LogP contribution is -2.33. The van der Waals surface area contributed by atoms with E-state index in [-0.39, 0.29) is 0 Å². The highest BCUT2D eigenvalue weighted by Gasteiger charge is 2.12. The van der Waals surface area contributed by atoms with Gasteiger partial charge in [-0.25, -0.2) is 0 Å². The molecule has 0 saturated carbocycles. The fourth-order valence-electron chi connectivity index (χ4n) is 1.80. The van der Waals surface area contributed by atoms with E-state index in [0.717, 1.165) is 30.8 Å². The van der Waals surface area contributed by atoms with Gasteiger partial charge in [0.05, 0.1) is 0 Å². The molecule has 1 aliphatic rings. The number of thioether (sulfide) groups is 1. The van der Waals surface area contributed by atoms with E-state index in [2.05, 4.69) is 36.2 Å². The average molecular weight is 230 g/mol. The molecule has 1 saturated heterocycles. The fourth-order valence-corrected chi connectivity index (χ4v) is 3.07. The lowest BCUT2D eigenvalue weighted by molar-refractivity contribution is 0.528. The molecule has 1 aliphatic heterocycles. The molecule has 2 N–H and O–H groups in total. The van der Waals surface area contributed by atoms with E-state index in [4.69, 9.17) is 0 Å².